The standard InChI is InChI=1S/C11H10N2O4S/c1-6-2-9(14)13-11(12-6)18-5-8-3-7(4-17-8)10(15)16/h2-4H,5H2,1H3,(H,15,16)(H,12,13,14). The Bertz CT molecular complexity index is 632. The van der Waals surface area contributed by atoms with Crippen LogP contribution in [0.2, 0.25) is 0 Å². The molecule has 6 nitrogen and oxygen atoms in total. The molecule has 0 spiro atoms. The van der Waals surface area contributed by atoms with E-state index in [1.54, 1.807) is 6.92 Å². The maximum absolute atomic E-state index is 11.2. The monoisotopic (exact) mass is 266 g/mol. The molecule has 0 aliphatic heterocycles. The van der Waals surface area contributed by atoms with Crippen LogP contribution in [-0.2, 0) is 5.75 Å². The summed E-state index contributed by atoms with van der Waals surface area (Å²) in [7, 11) is 0. The highest BCUT2D eigenvalue weighted by atomic mass is 32.2. The summed E-state index contributed by atoms with van der Waals surface area (Å²) in [5, 5.41) is 9.21. The van der Waals surface area contributed by atoms with E-state index >= 15 is 0 Å². The van der Waals surface area contributed by atoms with Gasteiger partial charge < -0.3 is 14.5 Å². The van der Waals surface area contributed by atoms with Gasteiger partial charge in [0, 0.05) is 11.8 Å². The van der Waals surface area contributed by atoms with Crippen LogP contribution in [0.4, 0.5) is 0 Å². The number of carboxylic acid groups (broad SMARTS) is 1. The van der Waals surface area contributed by atoms with Gasteiger partial charge in [-0.05, 0) is 13.0 Å². The van der Waals surface area contributed by atoms with Gasteiger partial charge in [-0.1, -0.05) is 11.8 Å². The van der Waals surface area contributed by atoms with E-state index in [1.165, 1.54) is 30.2 Å². The Morgan fingerprint density at radius 2 is 2.33 bits per heavy atom. The lowest BCUT2D eigenvalue weighted by Gasteiger charge is -1.99. The summed E-state index contributed by atoms with van der Waals surface area (Å²) in [6, 6.07) is 2.85. The largest absolute Gasteiger partial charge is 0.478 e. The third kappa shape index (κ3) is 3.01. The second kappa shape index (κ2) is 5.09. The van der Waals surface area contributed by atoms with Crippen LogP contribution in [0, 0.1) is 6.92 Å². The van der Waals surface area contributed by atoms with Gasteiger partial charge in [0.15, 0.2) is 5.16 Å². The van der Waals surface area contributed by atoms with E-state index in [-0.39, 0.29) is 11.1 Å². The highest BCUT2D eigenvalue weighted by Gasteiger charge is 2.09. The van der Waals surface area contributed by atoms with Crippen molar-refractivity contribution in [1.29, 1.82) is 0 Å². The molecule has 0 amide bonds. The highest BCUT2D eigenvalue weighted by Crippen LogP contribution is 2.20. The maximum atomic E-state index is 11.2. The Labute approximate surface area is 106 Å². The molecule has 0 fully saturated rings. The van der Waals surface area contributed by atoms with Gasteiger partial charge in [0.1, 0.15) is 12.0 Å². The fourth-order valence-electron chi connectivity index (χ4n) is 1.33. The van der Waals surface area contributed by atoms with Crippen molar-refractivity contribution in [3.8, 4) is 0 Å². The molecule has 0 atom stereocenters. The van der Waals surface area contributed by atoms with Crippen molar-refractivity contribution in [2.45, 2.75) is 17.8 Å². The quantitative estimate of drug-likeness (QED) is 0.645. The van der Waals surface area contributed by atoms with Crippen LogP contribution in [0.1, 0.15) is 21.8 Å². The number of carboxylic acids is 1. The Kier molecular flexibility index (Phi) is 3.52. The predicted molar refractivity (Wildman–Crippen MR) is 64.8 cm³/mol. The number of carbonyl (C=O) groups is 1. The van der Waals surface area contributed by atoms with Gasteiger partial charge in [0.2, 0.25) is 0 Å². The molecule has 0 aliphatic carbocycles. The molecule has 2 N–H and O–H groups in total. The van der Waals surface area contributed by atoms with Crippen molar-refractivity contribution in [2.75, 3.05) is 0 Å². The summed E-state index contributed by atoms with van der Waals surface area (Å²) in [6.45, 7) is 1.73. The van der Waals surface area contributed by atoms with E-state index in [1.807, 2.05) is 0 Å². The number of furan rings is 1. The van der Waals surface area contributed by atoms with Gasteiger partial charge in [0.05, 0.1) is 11.3 Å². The molecular formula is C11H10N2O4S. The van der Waals surface area contributed by atoms with E-state index < -0.39 is 5.97 Å². The van der Waals surface area contributed by atoms with Crippen molar-refractivity contribution in [1.82, 2.24) is 9.97 Å². The van der Waals surface area contributed by atoms with Crippen LogP contribution in [0.15, 0.2) is 32.8 Å². The summed E-state index contributed by atoms with van der Waals surface area (Å²) in [6.07, 6.45) is 1.19. The van der Waals surface area contributed by atoms with Crippen molar-refractivity contribution in [3.05, 3.63) is 45.8 Å². The number of hydrogen-bond acceptors (Lipinski definition) is 5. The number of aryl methyl sites for hydroxylation is 1. The second-order valence-corrected chi connectivity index (χ2v) is 4.55. The molecule has 2 heterocycles. The molecule has 0 aromatic carbocycles. The molecule has 2 rings (SSSR count). The Balaban J connectivity index is 2.06. The molecule has 0 saturated carbocycles. The summed E-state index contributed by atoms with van der Waals surface area (Å²) < 4.78 is 5.09. The zero-order valence-electron chi connectivity index (χ0n) is 9.47. The zero-order chi connectivity index (χ0) is 13.1. The number of H-pyrrole nitrogens is 1. The van der Waals surface area contributed by atoms with E-state index in [0.717, 1.165) is 0 Å². The van der Waals surface area contributed by atoms with Gasteiger partial charge in [0.25, 0.3) is 5.56 Å². The normalized spacial score (nSPS) is 10.5. The van der Waals surface area contributed by atoms with Crippen LogP contribution < -0.4 is 5.56 Å². The first-order chi connectivity index (χ1) is 8.54. The van der Waals surface area contributed by atoms with Gasteiger partial charge >= 0.3 is 5.97 Å². The smallest absolute Gasteiger partial charge is 0.338 e. The van der Waals surface area contributed by atoms with E-state index in [0.29, 0.717) is 22.4 Å². The number of thioether (sulfide) groups is 1. The summed E-state index contributed by atoms with van der Waals surface area (Å²) in [4.78, 5) is 28.6. The minimum absolute atomic E-state index is 0.108. The van der Waals surface area contributed by atoms with Gasteiger partial charge in [-0.25, -0.2) is 9.78 Å². The van der Waals surface area contributed by atoms with Gasteiger partial charge in [-0.15, -0.1) is 0 Å². The molecule has 2 aromatic heterocycles. The average Bonchev–Trinajstić information content (AvgIpc) is 2.73. The summed E-state index contributed by atoms with van der Waals surface area (Å²) in [5.74, 6) is -0.113. The first kappa shape index (κ1) is 12.4. The van der Waals surface area contributed by atoms with Crippen molar-refractivity contribution < 1.29 is 14.3 Å². The first-order valence-electron chi connectivity index (χ1n) is 5.06. The summed E-state index contributed by atoms with van der Waals surface area (Å²) >= 11 is 1.27. The molecule has 0 unspecified atom stereocenters. The number of nitrogens with one attached hydrogen (secondary N) is 1. The molecule has 2 aromatic rings. The lowest BCUT2D eigenvalue weighted by Crippen LogP contribution is -2.07. The van der Waals surface area contributed by atoms with Gasteiger partial charge in [-0.2, -0.15) is 0 Å². The van der Waals surface area contributed by atoms with Crippen molar-refractivity contribution >= 4 is 17.7 Å². The van der Waals surface area contributed by atoms with E-state index in [4.69, 9.17) is 9.52 Å². The second-order valence-electron chi connectivity index (χ2n) is 3.59. The van der Waals surface area contributed by atoms with Crippen LogP contribution in [0.5, 0.6) is 0 Å². The molecular weight excluding hydrogens is 256 g/mol. The number of aromatic nitrogens is 2. The minimum Gasteiger partial charge on any atom is -0.478 e. The number of aromatic amines is 1. The number of nitrogens with zero attached hydrogens (tertiary/aromatic N) is 1. The maximum Gasteiger partial charge on any atom is 0.338 e. The van der Waals surface area contributed by atoms with Crippen LogP contribution in [0.3, 0.4) is 0 Å². The lowest BCUT2D eigenvalue weighted by atomic mass is 10.3. The third-order valence-electron chi connectivity index (χ3n) is 2.10. The van der Waals surface area contributed by atoms with E-state index in [9.17, 15) is 9.59 Å². The van der Waals surface area contributed by atoms with Crippen molar-refractivity contribution in [3.63, 3.8) is 0 Å². The van der Waals surface area contributed by atoms with Crippen LogP contribution in [0.25, 0.3) is 0 Å². The fourth-order valence-corrected chi connectivity index (χ4v) is 2.14. The first-order valence-corrected chi connectivity index (χ1v) is 6.04. The average molecular weight is 266 g/mol. The predicted octanol–water partition coefficient (Wildman–Crippen LogP) is 1.66. The number of aromatic carboxylic acids is 1. The number of hydrogen-bond donors (Lipinski definition) is 2. The zero-order valence-corrected chi connectivity index (χ0v) is 10.3. The molecule has 0 radical (unpaired) electrons. The summed E-state index contributed by atoms with van der Waals surface area (Å²) in [5.41, 5.74) is 0.527. The van der Waals surface area contributed by atoms with E-state index in [2.05, 4.69) is 9.97 Å². The highest BCUT2D eigenvalue weighted by molar-refractivity contribution is 7.98. The SMILES string of the molecule is Cc1cc(=O)[nH]c(SCc2cc(C(=O)O)co2)n1. The van der Waals surface area contributed by atoms with Crippen LogP contribution >= 0.6 is 11.8 Å². The molecule has 18 heavy (non-hydrogen) atoms. The molecule has 0 aliphatic rings. The Hall–Kier alpha value is -2.02. The Morgan fingerprint density at radius 3 is 2.94 bits per heavy atom. The fraction of sp³-hybridized carbons (Fsp3) is 0.182. The molecule has 7 heteroatoms. The van der Waals surface area contributed by atoms with Crippen LogP contribution in [-0.4, -0.2) is 21.0 Å². The molecule has 0 bridgehead atoms. The lowest BCUT2D eigenvalue weighted by molar-refractivity contribution is 0.0696. The Morgan fingerprint density at radius 1 is 1.56 bits per heavy atom. The topological polar surface area (TPSA) is 96.2 Å². The molecule has 0 saturated heterocycles. The molecule has 94 valence electrons. The number of rotatable bonds is 4. The minimum atomic E-state index is -1.03. The van der Waals surface area contributed by atoms with Gasteiger partial charge in [-0.3, -0.25) is 4.79 Å². The van der Waals surface area contributed by atoms with Crippen molar-refractivity contribution in [2.24, 2.45) is 0 Å². The third-order valence-corrected chi connectivity index (χ3v) is 3.00.